The third-order valence-electron chi connectivity index (χ3n) is 2.88. The van der Waals surface area contributed by atoms with Crippen molar-refractivity contribution in [3.63, 3.8) is 0 Å². The molecule has 0 radical (unpaired) electrons. The number of para-hydroxylation sites is 1. The van der Waals surface area contributed by atoms with Crippen LogP contribution in [-0.4, -0.2) is 17.1 Å². The van der Waals surface area contributed by atoms with Gasteiger partial charge in [-0.3, -0.25) is 0 Å². The van der Waals surface area contributed by atoms with Crippen molar-refractivity contribution in [2.45, 2.75) is 0 Å². The molecule has 0 fully saturated rings. The molecule has 3 nitrogen and oxygen atoms in total. The Morgan fingerprint density at radius 2 is 1.68 bits per heavy atom. The first-order valence-corrected chi connectivity index (χ1v) is 6.23. The molecule has 19 heavy (non-hydrogen) atoms. The first-order chi connectivity index (χ1) is 9.29. The van der Waals surface area contributed by atoms with Gasteiger partial charge in [-0.15, -0.1) is 0 Å². The van der Waals surface area contributed by atoms with Crippen LogP contribution in [0.2, 0.25) is 5.02 Å². The summed E-state index contributed by atoms with van der Waals surface area (Å²) in [5.41, 5.74) is 1.64. The summed E-state index contributed by atoms with van der Waals surface area (Å²) in [6.45, 7) is 0. The predicted molar refractivity (Wildman–Crippen MR) is 76.5 cm³/mol. The molecule has 0 aliphatic heterocycles. The highest BCUT2D eigenvalue weighted by atomic mass is 35.5. The minimum atomic E-state index is 0.556. The van der Waals surface area contributed by atoms with Gasteiger partial charge >= 0.3 is 0 Å². The van der Waals surface area contributed by atoms with Gasteiger partial charge in [0, 0.05) is 5.56 Å². The second-order valence-electron chi connectivity index (χ2n) is 4.05. The molecular weight excluding hydrogens is 260 g/mol. The van der Waals surface area contributed by atoms with Gasteiger partial charge in [0.1, 0.15) is 0 Å². The van der Waals surface area contributed by atoms with Crippen molar-refractivity contribution in [2.24, 2.45) is 0 Å². The Bertz CT molecular complexity index is 743. The molecule has 0 unspecified atom stereocenters. The van der Waals surface area contributed by atoms with E-state index in [1.165, 1.54) is 0 Å². The fraction of sp³-hybridized carbons (Fsp3) is 0.0667. The van der Waals surface area contributed by atoms with Crippen LogP contribution < -0.4 is 4.74 Å². The van der Waals surface area contributed by atoms with E-state index in [2.05, 4.69) is 9.97 Å². The summed E-state index contributed by atoms with van der Waals surface area (Å²) in [4.78, 5) is 8.97. The van der Waals surface area contributed by atoms with Gasteiger partial charge < -0.3 is 4.74 Å². The lowest BCUT2D eigenvalue weighted by atomic mass is 10.2. The highest BCUT2D eigenvalue weighted by Gasteiger charge is 2.11. The van der Waals surface area contributed by atoms with Crippen molar-refractivity contribution < 1.29 is 4.74 Å². The van der Waals surface area contributed by atoms with Crippen molar-refractivity contribution in [3.8, 4) is 17.3 Å². The molecule has 4 heteroatoms. The minimum absolute atomic E-state index is 0.556. The van der Waals surface area contributed by atoms with E-state index in [0.29, 0.717) is 16.7 Å². The lowest BCUT2D eigenvalue weighted by Crippen LogP contribution is -1.96. The summed E-state index contributed by atoms with van der Waals surface area (Å²) in [7, 11) is 1.60. The maximum absolute atomic E-state index is 6.18. The summed E-state index contributed by atoms with van der Waals surface area (Å²) < 4.78 is 5.34. The van der Waals surface area contributed by atoms with Crippen LogP contribution in [0.25, 0.3) is 22.3 Å². The number of benzene rings is 2. The van der Waals surface area contributed by atoms with E-state index in [4.69, 9.17) is 16.3 Å². The molecule has 1 heterocycles. The molecule has 0 amide bonds. The zero-order valence-electron chi connectivity index (χ0n) is 10.3. The van der Waals surface area contributed by atoms with Gasteiger partial charge in [-0.2, -0.15) is 4.98 Å². The fourth-order valence-corrected chi connectivity index (χ4v) is 2.19. The largest absolute Gasteiger partial charge is 0.480 e. The van der Waals surface area contributed by atoms with Crippen LogP contribution in [0.4, 0.5) is 0 Å². The molecule has 2 aromatic carbocycles. The number of rotatable bonds is 2. The minimum Gasteiger partial charge on any atom is -0.480 e. The molecule has 0 saturated heterocycles. The fourth-order valence-electron chi connectivity index (χ4n) is 1.97. The van der Waals surface area contributed by atoms with Crippen molar-refractivity contribution in [1.82, 2.24) is 9.97 Å². The first kappa shape index (κ1) is 11.9. The number of halogens is 1. The van der Waals surface area contributed by atoms with Crippen molar-refractivity contribution in [1.29, 1.82) is 0 Å². The Hall–Kier alpha value is -2.13. The van der Waals surface area contributed by atoms with Gasteiger partial charge in [0.25, 0.3) is 0 Å². The summed E-state index contributed by atoms with van der Waals surface area (Å²) in [6, 6.07) is 15.2. The maximum atomic E-state index is 6.18. The Balaban J connectivity index is 2.29. The first-order valence-electron chi connectivity index (χ1n) is 5.85. The van der Waals surface area contributed by atoms with Crippen molar-refractivity contribution >= 4 is 22.5 Å². The molecule has 0 N–H and O–H groups in total. The number of aromatic nitrogens is 2. The van der Waals surface area contributed by atoms with Crippen LogP contribution in [0.1, 0.15) is 0 Å². The third kappa shape index (κ3) is 2.13. The highest BCUT2D eigenvalue weighted by molar-refractivity contribution is 6.33. The summed E-state index contributed by atoms with van der Waals surface area (Å²) >= 11 is 6.18. The number of hydrogen-bond donors (Lipinski definition) is 0. The standard InChI is InChI=1S/C15H11ClN2O/c1-19-15-11-7-3-5-9-13(11)17-14(18-15)10-6-2-4-8-12(10)16/h2-9H,1H3. The Kier molecular flexibility index (Phi) is 3.05. The Labute approximate surface area is 115 Å². The Morgan fingerprint density at radius 3 is 2.47 bits per heavy atom. The van der Waals surface area contributed by atoms with Gasteiger partial charge in [-0.1, -0.05) is 35.9 Å². The number of nitrogens with zero attached hydrogens (tertiary/aromatic N) is 2. The molecule has 0 atom stereocenters. The average molecular weight is 271 g/mol. The normalized spacial score (nSPS) is 10.6. The SMILES string of the molecule is COc1nc(-c2ccccc2Cl)nc2ccccc12. The van der Waals surface area contributed by atoms with Crippen LogP contribution >= 0.6 is 11.6 Å². The van der Waals surface area contributed by atoms with Crippen LogP contribution in [0.3, 0.4) is 0 Å². The van der Waals surface area contributed by atoms with E-state index in [1.807, 2.05) is 48.5 Å². The molecule has 0 bridgehead atoms. The van der Waals surface area contributed by atoms with Gasteiger partial charge in [0.15, 0.2) is 5.82 Å². The molecular formula is C15H11ClN2O. The Morgan fingerprint density at radius 1 is 0.947 bits per heavy atom. The average Bonchev–Trinajstić information content (AvgIpc) is 2.46. The molecule has 1 aromatic heterocycles. The van der Waals surface area contributed by atoms with E-state index in [0.717, 1.165) is 16.5 Å². The predicted octanol–water partition coefficient (Wildman–Crippen LogP) is 3.96. The maximum Gasteiger partial charge on any atom is 0.224 e. The van der Waals surface area contributed by atoms with Gasteiger partial charge in [0.2, 0.25) is 5.88 Å². The van der Waals surface area contributed by atoms with E-state index in [9.17, 15) is 0 Å². The summed E-state index contributed by atoms with van der Waals surface area (Å²) in [6.07, 6.45) is 0. The topological polar surface area (TPSA) is 35.0 Å². The van der Waals surface area contributed by atoms with E-state index in [1.54, 1.807) is 7.11 Å². The number of fused-ring (bicyclic) bond motifs is 1. The van der Waals surface area contributed by atoms with Crippen molar-refractivity contribution in [2.75, 3.05) is 7.11 Å². The third-order valence-corrected chi connectivity index (χ3v) is 3.21. The quantitative estimate of drug-likeness (QED) is 0.707. The number of ether oxygens (including phenoxy) is 1. The molecule has 3 rings (SSSR count). The lowest BCUT2D eigenvalue weighted by molar-refractivity contribution is 0.403. The molecule has 0 aliphatic rings. The molecule has 0 spiro atoms. The summed E-state index contributed by atoms with van der Waals surface area (Å²) in [5.74, 6) is 1.13. The van der Waals surface area contributed by atoms with Crippen LogP contribution in [0, 0.1) is 0 Å². The second-order valence-corrected chi connectivity index (χ2v) is 4.46. The lowest BCUT2D eigenvalue weighted by Gasteiger charge is -2.08. The summed E-state index contributed by atoms with van der Waals surface area (Å²) in [5, 5.41) is 1.51. The molecule has 0 saturated carbocycles. The number of methoxy groups -OCH3 is 1. The van der Waals surface area contributed by atoms with Crippen LogP contribution in [-0.2, 0) is 0 Å². The second kappa shape index (κ2) is 4.86. The van der Waals surface area contributed by atoms with Crippen LogP contribution in [0.5, 0.6) is 5.88 Å². The molecule has 3 aromatic rings. The van der Waals surface area contributed by atoms with Gasteiger partial charge in [-0.25, -0.2) is 4.98 Å². The van der Waals surface area contributed by atoms with Gasteiger partial charge in [-0.05, 0) is 24.3 Å². The zero-order valence-corrected chi connectivity index (χ0v) is 11.1. The van der Waals surface area contributed by atoms with Crippen molar-refractivity contribution in [3.05, 3.63) is 53.6 Å². The van der Waals surface area contributed by atoms with E-state index >= 15 is 0 Å². The van der Waals surface area contributed by atoms with E-state index in [-0.39, 0.29) is 0 Å². The van der Waals surface area contributed by atoms with Crippen LogP contribution in [0.15, 0.2) is 48.5 Å². The molecule has 94 valence electrons. The highest BCUT2D eigenvalue weighted by Crippen LogP contribution is 2.29. The van der Waals surface area contributed by atoms with Gasteiger partial charge in [0.05, 0.1) is 23.0 Å². The van der Waals surface area contributed by atoms with E-state index < -0.39 is 0 Å². The number of hydrogen-bond acceptors (Lipinski definition) is 3. The smallest absolute Gasteiger partial charge is 0.224 e. The zero-order chi connectivity index (χ0) is 13.2. The monoisotopic (exact) mass is 270 g/mol. The molecule has 0 aliphatic carbocycles.